The first kappa shape index (κ1) is 17.6. The van der Waals surface area contributed by atoms with Gasteiger partial charge in [-0.2, -0.15) is 0 Å². The molecular formula is C19H20N2O5. The lowest BCUT2D eigenvalue weighted by Gasteiger charge is -2.20. The van der Waals surface area contributed by atoms with Crippen molar-refractivity contribution in [3.63, 3.8) is 0 Å². The molecule has 0 bridgehead atoms. The van der Waals surface area contributed by atoms with E-state index in [0.29, 0.717) is 41.8 Å². The SMILES string of the molecule is CC(=O)Nc1cccc(O[C@H](C)C(=O)Nc2ccc3c(c2)OCCO3)c1. The standard InChI is InChI=1S/C19H20N2O5/c1-12(26-16-5-3-4-14(10-16)20-13(2)22)19(23)21-15-6-7-17-18(11-15)25-9-8-24-17/h3-7,10-12H,8-9H2,1-2H3,(H,20,22)(H,21,23)/t12-/m1/s1. The van der Waals surface area contributed by atoms with Gasteiger partial charge in [0.25, 0.3) is 5.91 Å². The van der Waals surface area contributed by atoms with E-state index in [4.69, 9.17) is 14.2 Å². The second-order valence-corrected chi connectivity index (χ2v) is 5.82. The molecule has 0 aromatic heterocycles. The Morgan fingerprint density at radius 3 is 2.50 bits per heavy atom. The molecule has 0 spiro atoms. The predicted molar refractivity (Wildman–Crippen MR) is 96.9 cm³/mol. The molecule has 7 heteroatoms. The van der Waals surface area contributed by atoms with Crippen LogP contribution in [-0.2, 0) is 9.59 Å². The maximum Gasteiger partial charge on any atom is 0.265 e. The zero-order chi connectivity index (χ0) is 18.5. The second kappa shape index (κ2) is 7.77. The number of hydrogen-bond acceptors (Lipinski definition) is 5. The van der Waals surface area contributed by atoms with Gasteiger partial charge < -0.3 is 24.8 Å². The van der Waals surface area contributed by atoms with E-state index in [1.54, 1.807) is 49.4 Å². The Morgan fingerprint density at radius 2 is 1.73 bits per heavy atom. The van der Waals surface area contributed by atoms with Crippen LogP contribution in [0.5, 0.6) is 17.2 Å². The van der Waals surface area contributed by atoms with Crippen molar-refractivity contribution in [1.82, 2.24) is 0 Å². The van der Waals surface area contributed by atoms with E-state index in [0.717, 1.165) is 0 Å². The van der Waals surface area contributed by atoms with Crippen molar-refractivity contribution in [2.45, 2.75) is 20.0 Å². The van der Waals surface area contributed by atoms with Gasteiger partial charge >= 0.3 is 0 Å². The monoisotopic (exact) mass is 356 g/mol. The molecule has 136 valence electrons. The lowest BCUT2D eigenvalue weighted by atomic mass is 10.2. The third-order valence-electron chi connectivity index (χ3n) is 3.65. The van der Waals surface area contributed by atoms with Crippen molar-refractivity contribution >= 4 is 23.2 Å². The predicted octanol–water partition coefficient (Wildman–Crippen LogP) is 2.82. The molecule has 1 atom stereocenters. The van der Waals surface area contributed by atoms with Gasteiger partial charge in [-0.05, 0) is 31.2 Å². The third-order valence-corrected chi connectivity index (χ3v) is 3.65. The summed E-state index contributed by atoms with van der Waals surface area (Å²) in [7, 11) is 0. The molecule has 26 heavy (non-hydrogen) atoms. The largest absolute Gasteiger partial charge is 0.486 e. The number of fused-ring (bicyclic) bond motifs is 1. The quantitative estimate of drug-likeness (QED) is 0.860. The number of benzene rings is 2. The average molecular weight is 356 g/mol. The molecular weight excluding hydrogens is 336 g/mol. The maximum atomic E-state index is 12.4. The van der Waals surface area contributed by atoms with Crippen molar-refractivity contribution in [2.24, 2.45) is 0 Å². The van der Waals surface area contributed by atoms with Gasteiger partial charge in [-0.25, -0.2) is 0 Å². The van der Waals surface area contributed by atoms with Crippen LogP contribution in [0.15, 0.2) is 42.5 Å². The molecule has 2 aromatic carbocycles. The first-order valence-corrected chi connectivity index (χ1v) is 8.26. The molecule has 0 aliphatic carbocycles. The van der Waals surface area contributed by atoms with Crippen LogP contribution < -0.4 is 24.8 Å². The van der Waals surface area contributed by atoms with Crippen LogP contribution in [0.1, 0.15) is 13.8 Å². The molecule has 2 amide bonds. The normalized spacial score (nSPS) is 13.5. The van der Waals surface area contributed by atoms with E-state index in [9.17, 15) is 9.59 Å². The van der Waals surface area contributed by atoms with E-state index in [2.05, 4.69) is 10.6 Å². The van der Waals surface area contributed by atoms with Crippen LogP contribution in [0.4, 0.5) is 11.4 Å². The lowest BCUT2D eigenvalue weighted by Crippen LogP contribution is -2.30. The highest BCUT2D eigenvalue weighted by atomic mass is 16.6. The Kier molecular flexibility index (Phi) is 5.26. The molecule has 2 aromatic rings. The summed E-state index contributed by atoms with van der Waals surface area (Å²) in [4.78, 5) is 23.5. The molecule has 0 saturated carbocycles. The highest BCUT2D eigenvalue weighted by Crippen LogP contribution is 2.32. The fourth-order valence-electron chi connectivity index (χ4n) is 2.47. The molecule has 0 unspecified atom stereocenters. The van der Waals surface area contributed by atoms with E-state index >= 15 is 0 Å². The van der Waals surface area contributed by atoms with E-state index in [1.165, 1.54) is 6.92 Å². The van der Waals surface area contributed by atoms with Gasteiger partial charge in [0.1, 0.15) is 19.0 Å². The fourth-order valence-corrected chi connectivity index (χ4v) is 2.47. The Morgan fingerprint density at radius 1 is 1.00 bits per heavy atom. The molecule has 0 radical (unpaired) electrons. The smallest absolute Gasteiger partial charge is 0.265 e. The Bertz CT molecular complexity index is 821. The summed E-state index contributed by atoms with van der Waals surface area (Å²) in [5.74, 6) is 1.28. The molecule has 7 nitrogen and oxygen atoms in total. The first-order chi connectivity index (χ1) is 12.5. The van der Waals surface area contributed by atoms with Crippen LogP contribution >= 0.6 is 0 Å². The summed E-state index contributed by atoms with van der Waals surface area (Å²) in [6.45, 7) is 4.07. The summed E-state index contributed by atoms with van der Waals surface area (Å²) in [6.07, 6.45) is -0.726. The van der Waals surface area contributed by atoms with Crippen LogP contribution in [0, 0.1) is 0 Å². The maximum absolute atomic E-state index is 12.4. The number of nitrogens with one attached hydrogen (secondary N) is 2. The number of rotatable bonds is 5. The van der Waals surface area contributed by atoms with E-state index < -0.39 is 6.10 Å². The minimum absolute atomic E-state index is 0.174. The minimum Gasteiger partial charge on any atom is -0.486 e. The second-order valence-electron chi connectivity index (χ2n) is 5.82. The first-order valence-electron chi connectivity index (χ1n) is 8.26. The van der Waals surface area contributed by atoms with Gasteiger partial charge in [-0.3, -0.25) is 9.59 Å². The molecule has 1 aliphatic rings. The Balaban J connectivity index is 1.62. The van der Waals surface area contributed by atoms with Crippen LogP contribution in [0.25, 0.3) is 0 Å². The molecule has 3 rings (SSSR count). The van der Waals surface area contributed by atoms with Crippen molar-refractivity contribution < 1.29 is 23.8 Å². The number of ether oxygens (including phenoxy) is 3. The summed E-state index contributed by atoms with van der Waals surface area (Å²) >= 11 is 0. The molecule has 2 N–H and O–H groups in total. The fraction of sp³-hybridized carbons (Fsp3) is 0.263. The van der Waals surface area contributed by atoms with E-state index in [-0.39, 0.29) is 11.8 Å². The van der Waals surface area contributed by atoms with Gasteiger partial charge in [0, 0.05) is 30.4 Å². The number of hydrogen-bond donors (Lipinski definition) is 2. The van der Waals surface area contributed by atoms with E-state index in [1.807, 2.05) is 0 Å². The zero-order valence-electron chi connectivity index (χ0n) is 14.6. The molecule has 1 aliphatic heterocycles. The van der Waals surface area contributed by atoms with Crippen LogP contribution in [0.3, 0.4) is 0 Å². The van der Waals surface area contributed by atoms with Crippen molar-refractivity contribution in [3.05, 3.63) is 42.5 Å². The number of carbonyl (C=O) groups is 2. The third kappa shape index (κ3) is 4.44. The molecule has 0 saturated heterocycles. The molecule has 1 heterocycles. The minimum atomic E-state index is -0.726. The van der Waals surface area contributed by atoms with Gasteiger partial charge in [0.2, 0.25) is 5.91 Å². The van der Waals surface area contributed by atoms with Crippen molar-refractivity contribution in [2.75, 3.05) is 23.8 Å². The topological polar surface area (TPSA) is 85.9 Å². The zero-order valence-corrected chi connectivity index (χ0v) is 14.6. The number of carbonyl (C=O) groups excluding carboxylic acids is 2. The highest BCUT2D eigenvalue weighted by Gasteiger charge is 2.17. The summed E-state index contributed by atoms with van der Waals surface area (Å²) in [5, 5.41) is 5.46. The number of anilines is 2. The average Bonchev–Trinajstić information content (AvgIpc) is 2.61. The van der Waals surface area contributed by atoms with Crippen molar-refractivity contribution in [1.29, 1.82) is 0 Å². The van der Waals surface area contributed by atoms with Gasteiger partial charge in [0.05, 0.1) is 0 Å². The lowest BCUT2D eigenvalue weighted by molar-refractivity contribution is -0.122. The summed E-state index contributed by atoms with van der Waals surface area (Å²) < 4.78 is 16.6. The van der Waals surface area contributed by atoms with Crippen molar-refractivity contribution in [3.8, 4) is 17.2 Å². The Labute approximate surface area is 151 Å². The van der Waals surface area contributed by atoms with Gasteiger partial charge in [-0.1, -0.05) is 6.07 Å². The number of amides is 2. The van der Waals surface area contributed by atoms with Gasteiger partial charge in [0.15, 0.2) is 17.6 Å². The summed E-state index contributed by atoms with van der Waals surface area (Å²) in [5.41, 5.74) is 1.20. The Hall–Kier alpha value is -3.22. The highest BCUT2D eigenvalue weighted by molar-refractivity contribution is 5.94. The summed E-state index contributed by atoms with van der Waals surface area (Å²) in [6, 6.07) is 12.1. The van der Waals surface area contributed by atoms with Crippen LogP contribution in [0.2, 0.25) is 0 Å². The molecule has 0 fully saturated rings. The van der Waals surface area contributed by atoms with Crippen LogP contribution in [-0.4, -0.2) is 31.1 Å². The van der Waals surface area contributed by atoms with Gasteiger partial charge in [-0.15, -0.1) is 0 Å².